The molecule has 6 nitrogen and oxygen atoms in total. The molecule has 27 heavy (non-hydrogen) atoms. The number of nitrogens with one attached hydrogen (secondary N) is 2. The number of nitrogens with zero attached hydrogens (tertiary/aromatic N) is 3. The highest BCUT2D eigenvalue weighted by atomic mass is 32.1. The lowest BCUT2D eigenvalue weighted by atomic mass is 10.1. The van der Waals surface area contributed by atoms with E-state index in [-0.39, 0.29) is 6.03 Å². The molecular formula is C20H27N5OS. The van der Waals surface area contributed by atoms with Crippen molar-refractivity contribution in [1.29, 1.82) is 0 Å². The van der Waals surface area contributed by atoms with E-state index in [1.807, 2.05) is 5.38 Å². The monoisotopic (exact) mass is 385 g/mol. The number of urea groups is 1. The van der Waals surface area contributed by atoms with Gasteiger partial charge < -0.3 is 10.2 Å². The third kappa shape index (κ3) is 5.28. The van der Waals surface area contributed by atoms with Gasteiger partial charge in [-0.15, -0.1) is 11.3 Å². The van der Waals surface area contributed by atoms with E-state index >= 15 is 0 Å². The molecule has 1 aromatic heterocycles. The highest BCUT2D eigenvalue weighted by molar-refractivity contribution is 7.13. The van der Waals surface area contributed by atoms with E-state index < -0.39 is 0 Å². The van der Waals surface area contributed by atoms with Crippen molar-refractivity contribution in [2.24, 2.45) is 0 Å². The first kappa shape index (κ1) is 18.4. The topological polar surface area (TPSA) is 60.5 Å². The van der Waals surface area contributed by atoms with Crippen molar-refractivity contribution in [1.82, 2.24) is 20.1 Å². The molecule has 1 saturated carbocycles. The van der Waals surface area contributed by atoms with Crippen molar-refractivity contribution in [3.05, 3.63) is 46.5 Å². The molecule has 2 N–H and O–H groups in total. The van der Waals surface area contributed by atoms with Crippen molar-refractivity contribution in [2.45, 2.75) is 31.8 Å². The number of thiazole rings is 1. The average Bonchev–Trinajstić information content (AvgIpc) is 3.43. The molecule has 2 amide bonds. The predicted octanol–water partition coefficient (Wildman–Crippen LogP) is 3.09. The Hall–Kier alpha value is -1.96. The maximum Gasteiger partial charge on any atom is 0.321 e. The summed E-state index contributed by atoms with van der Waals surface area (Å²) in [6, 6.07) is 8.32. The summed E-state index contributed by atoms with van der Waals surface area (Å²) in [4.78, 5) is 21.4. The van der Waals surface area contributed by atoms with Crippen LogP contribution in [0.2, 0.25) is 0 Å². The number of hydrogen-bond donors (Lipinski definition) is 2. The number of amides is 2. The second-order valence-corrected chi connectivity index (χ2v) is 8.41. The molecule has 1 aliphatic heterocycles. The van der Waals surface area contributed by atoms with Gasteiger partial charge in [0, 0.05) is 50.6 Å². The van der Waals surface area contributed by atoms with Gasteiger partial charge in [-0.2, -0.15) is 0 Å². The van der Waals surface area contributed by atoms with Crippen molar-refractivity contribution in [3.8, 4) is 0 Å². The normalized spacial score (nSPS) is 18.4. The zero-order valence-corrected chi connectivity index (χ0v) is 16.6. The number of anilines is 1. The van der Waals surface area contributed by atoms with Gasteiger partial charge in [-0.3, -0.25) is 10.2 Å². The fourth-order valence-corrected chi connectivity index (χ4v) is 4.05. The van der Waals surface area contributed by atoms with Gasteiger partial charge in [0.05, 0.1) is 5.69 Å². The molecule has 0 radical (unpaired) electrons. The molecule has 2 aromatic rings. The summed E-state index contributed by atoms with van der Waals surface area (Å²) in [5.41, 5.74) is 3.54. The standard InChI is InChI=1S/C20H27N5OS/c1-24-8-10-25(11-9-24)13-16-4-2-15(3-5-16)12-21-19(26)23-20-22-18(14-27-20)17-6-7-17/h2-5,14,17H,6-13H2,1H3,(H2,21,22,23,26). The number of likely N-dealkylation sites (N-methyl/N-ethyl adjacent to an activating group) is 1. The lowest BCUT2D eigenvalue weighted by molar-refractivity contribution is 0.148. The first-order valence-corrected chi connectivity index (χ1v) is 10.5. The molecule has 2 heterocycles. The quantitative estimate of drug-likeness (QED) is 0.802. The molecule has 7 heteroatoms. The number of carbonyl (C=O) groups excluding carboxylic acids is 1. The molecule has 144 valence electrons. The van der Waals surface area contributed by atoms with E-state index in [0.29, 0.717) is 17.6 Å². The average molecular weight is 386 g/mol. The van der Waals surface area contributed by atoms with Crippen molar-refractivity contribution in [2.75, 3.05) is 38.5 Å². The van der Waals surface area contributed by atoms with Crippen LogP contribution in [0.5, 0.6) is 0 Å². The van der Waals surface area contributed by atoms with E-state index in [9.17, 15) is 4.79 Å². The Bertz CT molecular complexity index is 763. The zero-order valence-electron chi connectivity index (χ0n) is 15.8. The SMILES string of the molecule is CN1CCN(Cc2ccc(CNC(=O)Nc3nc(C4CC4)cs3)cc2)CC1. The van der Waals surface area contributed by atoms with E-state index in [1.54, 1.807) is 0 Å². The van der Waals surface area contributed by atoms with Crippen LogP contribution in [0.25, 0.3) is 0 Å². The summed E-state index contributed by atoms with van der Waals surface area (Å²) < 4.78 is 0. The van der Waals surface area contributed by atoms with Crippen molar-refractivity contribution >= 4 is 22.5 Å². The maximum absolute atomic E-state index is 12.1. The molecule has 2 aliphatic rings. The van der Waals surface area contributed by atoms with Crippen LogP contribution < -0.4 is 10.6 Å². The highest BCUT2D eigenvalue weighted by Gasteiger charge is 2.26. The molecule has 0 atom stereocenters. The van der Waals surface area contributed by atoms with Gasteiger partial charge in [-0.1, -0.05) is 24.3 Å². The Morgan fingerprint density at radius 1 is 1.15 bits per heavy atom. The van der Waals surface area contributed by atoms with E-state index in [0.717, 1.165) is 44.0 Å². The van der Waals surface area contributed by atoms with Crippen molar-refractivity contribution in [3.63, 3.8) is 0 Å². The van der Waals surface area contributed by atoms with Crippen LogP contribution in [0.1, 0.15) is 35.6 Å². The molecule has 2 fully saturated rings. The maximum atomic E-state index is 12.1. The first-order valence-electron chi connectivity index (χ1n) is 9.65. The van der Waals surface area contributed by atoms with Crippen LogP contribution in [-0.4, -0.2) is 54.0 Å². The minimum Gasteiger partial charge on any atom is -0.334 e. The largest absolute Gasteiger partial charge is 0.334 e. The van der Waals surface area contributed by atoms with Crippen LogP contribution in [0, 0.1) is 0 Å². The molecule has 1 aliphatic carbocycles. The molecule has 0 spiro atoms. The summed E-state index contributed by atoms with van der Waals surface area (Å²) in [5, 5.41) is 8.46. The molecule has 4 rings (SSSR count). The summed E-state index contributed by atoms with van der Waals surface area (Å²) in [6.07, 6.45) is 2.44. The van der Waals surface area contributed by atoms with Gasteiger partial charge in [0.2, 0.25) is 0 Å². The predicted molar refractivity (Wildman–Crippen MR) is 109 cm³/mol. The second-order valence-electron chi connectivity index (χ2n) is 7.56. The third-order valence-corrected chi connectivity index (χ3v) is 5.99. The van der Waals surface area contributed by atoms with Crippen LogP contribution in [0.15, 0.2) is 29.6 Å². The molecular weight excluding hydrogens is 358 g/mol. The van der Waals surface area contributed by atoms with E-state index in [2.05, 4.69) is 56.7 Å². The number of carbonyl (C=O) groups is 1. The molecule has 1 saturated heterocycles. The smallest absolute Gasteiger partial charge is 0.321 e. The Labute approximate surface area is 164 Å². The van der Waals surface area contributed by atoms with Gasteiger partial charge in [0.15, 0.2) is 5.13 Å². The number of benzene rings is 1. The summed E-state index contributed by atoms with van der Waals surface area (Å²) in [6.45, 7) is 6.03. The van der Waals surface area contributed by atoms with Gasteiger partial charge >= 0.3 is 6.03 Å². The number of rotatable bonds is 6. The third-order valence-electron chi connectivity index (χ3n) is 5.22. The number of hydrogen-bond acceptors (Lipinski definition) is 5. The van der Waals surface area contributed by atoms with Gasteiger partial charge in [0.1, 0.15) is 0 Å². The number of aromatic nitrogens is 1. The Balaban J connectivity index is 1.21. The van der Waals surface area contributed by atoms with Gasteiger partial charge in [-0.05, 0) is 31.0 Å². The van der Waals surface area contributed by atoms with Crippen molar-refractivity contribution < 1.29 is 4.79 Å². The fourth-order valence-electron chi connectivity index (χ4n) is 3.26. The Morgan fingerprint density at radius 3 is 2.56 bits per heavy atom. The highest BCUT2D eigenvalue weighted by Crippen LogP contribution is 2.40. The van der Waals surface area contributed by atoms with Crippen LogP contribution >= 0.6 is 11.3 Å². The molecule has 0 unspecified atom stereocenters. The van der Waals surface area contributed by atoms with Crippen LogP contribution in [0.4, 0.5) is 9.93 Å². The summed E-state index contributed by atoms with van der Waals surface area (Å²) in [5.74, 6) is 0.615. The fraction of sp³-hybridized carbons (Fsp3) is 0.500. The van der Waals surface area contributed by atoms with Gasteiger partial charge in [-0.25, -0.2) is 9.78 Å². The Kier molecular flexibility index (Phi) is 5.71. The second kappa shape index (κ2) is 8.37. The minimum atomic E-state index is -0.201. The van der Waals surface area contributed by atoms with Crippen LogP contribution in [-0.2, 0) is 13.1 Å². The number of piperazine rings is 1. The lowest BCUT2D eigenvalue weighted by Crippen LogP contribution is -2.43. The van der Waals surface area contributed by atoms with E-state index in [4.69, 9.17) is 0 Å². The summed E-state index contributed by atoms with van der Waals surface area (Å²) in [7, 11) is 2.18. The summed E-state index contributed by atoms with van der Waals surface area (Å²) >= 11 is 1.50. The Morgan fingerprint density at radius 2 is 1.85 bits per heavy atom. The molecule has 1 aromatic carbocycles. The van der Waals surface area contributed by atoms with E-state index in [1.165, 1.54) is 29.7 Å². The first-order chi connectivity index (χ1) is 13.2. The van der Waals surface area contributed by atoms with Crippen LogP contribution in [0.3, 0.4) is 0 Å². The molecule has 0 bridgehead atoms. The lowest BCUT2D eigenvalue weighted by Gasteiger charge is -2.32. The zero-order chi connectivity index (χ0) is 18.6. The van der Waals surface area contributed by atoms with Gasteiger partial charge in [0.25, 0.3) is 0 Å². The minimum absolute atomic E-state index is 0.201.